The monoisotopic (exact) mass is 307 g/mol. The molecular weight excluding hydrogens is 284 g/mol. The number of ketones is 1. The highest BCUT2D eigenvalue weighted by atomic mass is 19.1. The Labute approximate surface area is 130 Å². The third-order valence-electron chi connectivity index (χ3n) is 4.89. The topological polar surface area (TPSA) is 29.1 Å². The number of carbonyl (C=O) groups is 1. The highest BCUT2D eigenvalue weighted by Gasteiger charge is 2.33. The Morgan fingerprint density at radius 2 is 2.09 bits per heavy atom. The molecule has 1 saturated carbocycles. The summed E-state index contributed by atoms with van der Waals surface area (Å²) < 4.78 is 26.5. The molecule has 0 unspecified atom stereocenters. The maximum Gasteiger partial charge on any atom is 0.160 e. The van der Waals surface area contributed by atoms with Gasteiger partial charge in [-0.05, 0) is 36.3 Å². The van der Waals surface area contributed by atoms with E-state index in [0.29, 0.717) is 24.3 Å². The maximum atomic E-state index is 13.6. The van der Waals surface area contributed by atoms with Gasteiger partial charge in [0.05, 0.1) is 5.69 Å². The zero-order chi connectivity index (χ0) is 16.3. The normalized spacial score (nSPS) is 21.2. The predicted octanol–water partition coefficient (Wildman–Crippen LogP) is 5.07. The van der Waals surface area contributed by atoms with E-state index >= 15 is 0 Å². The van der Waals surface area contributed by atoms with Crippen LogP contribution in [0.1, 0.15) is 46.5 Å². The van der Waals surface area contributed by atoms with Gasteiger partial charge in [0, 0.05) is 24.3 Å². The summed E-state index contributed by atoms with van der Waals surface area (Å²) in [6, 6.07) is 3.35. The molecular formula is C18H23F2NO. The smallest absolute Gasteiger partial charge is 0.160 e. The summed E-state index contributed by atoms with van der Waals surface area (Å²) in [4.78, 5) is 12.1. The number of benzene rings is 1. The SMILES string of the molecule is CCC(C)(C)[C@H]1CCC(=O)/C(=C/Nc2ccc(F)cc2F)C1. The number of anilines is 1. The zero-order valence-electron chi connectivity index (χ0n) is 13.4. The summed E-state index contributed by atoms with van der Waals surface area (Å²) in [6.45, 7) is 6.60. The number of rotatable bonds is 4. The predicted molar refractivity (Wildman–Crippen MR) is 84.5 cm³/mol. The summed E-state index contributed by atoms with van der Waals surface area (Å²) in [5.41, 5.74) is 1.06. The molecule has 0 aromatic heterocycles. The fraction of sp³-hybridized carbons (Fsp3) is 0.500. The zero-order valence-corrected chi connectivity index (χ0v) is 13.4. The van der Waals surface area contributed by atoms with Gasteiger partial charge in [-0.15, -0.1) is 0 Å². The number of hydrogen-bond donors (Lipinski definition) is 1. The van der Waals surface area contributed by atoms with Crippen LogP contribution in [0, 0.1) is 23.0 Å². The minimum Gasteiger partial charge on any atom is -0.359 e. The summed E-state index contributed by atoms with van der Waals surface area (Å²) in [7, 11) is 0. The van der Waals surface area contributed by atoms with E-state index in [4.69, 9.17) is 0 Å². The standard InChI is InChI=1S/C18H23F2NO/c1-4-18(2,3)13-5-8-17(22)12(9-13)11-21-16-7-6-14(19)10-15(16)20/h6-7,10-11,13,21H,4-5,8-9H2,1-3H3/b12-11+/t13-/m0/s1. The molecule has 1 fully saturated rings. The van der Waals surface area contributed by atoms with E-state index in [1.165, 1.54) is 12.1 Å². The van der Waals surface area contributed by atoms with Crippen LogP contribution >= 0.6 is 0 Å². The summed E-state index contributed by atoms with van der Waals surface area (Å²) in [5.74, 6) is -0.723. The van der Waals surface area contributed by atoms with Crippen LogP contribution in [-0.2, 0) is 4.79 Å². The van der Waals surface area contributed by atoms with Crippen molar-refractivity contribution in [2.45, 2.75) is 46.5 Å². The van der Waals surface area contributed by atoms with Crippen molar-refractivity contribution < 1.29 is 13.6 Å². The molecule has 0 bridgehead atoms. The summed E-state index contributed by atoms with van der Waals surface area (Å²) >= 11 is 0. The van der Waals surface area contributed by atoms with Crippen molar-refractivity contribution >= 4 is 11.5 Å². The van der Waals surface area contributed by atoms with E-state index in [-0.39, 0.29) is 16.9 Å². The first-order chi connectivity index (χ1) is 10.3. The molecule has 1 atom stereocenters. The molecule has 0 aliphatic heterocycles. The molecule has 0 heterocycles. The number of halogens is 2. The van der Waals surface area contributed by atoms with Crippen molar-refractivity contribution in [3.8, 4) is 0 Å². The lowest BCUT2D eigenvalue weighted by Crippen LogP contribution is -2.29. The number of carbonyl (C=O) groups excluding carboxylic acids is 1. The van der Waals surface area contributed by atoms with E-state index < -0.39 is 11.6 Å². The van der Waals surface area contributed by atoms with Crippen molar-refractivity contribution in [3.63, 3.8) is 0 Å². The molecule has 2 nitrogen and oxygen atoms in total. The lowest BCUT2D eigenvalue weighted by atomic mass is 9.68. The Bertz CT molecular complexity index is 593. The number of hydrogen-bond acceptors (Lipinski definition) is 2. The van der Waals surface area contributed by atoms with Crippen LogP contribution in [0.2, 0.25) is 0 Å². The Balaban J connectivity index is 2.13. The van der Waals surface area contributed by atoms with Gasteiger partial charge in [-0.3, -0.25) is 4.79 Å². The maximum absolute atomic E-state index is 13.6. The van der Waals surface area contributed by atoms with Crippen LogP contribution in [0.4, 0.5) is 14.5 Å². The van der Waals surface area contributed by atoms with Crippen LogP contribution in [0.15, 0.2) is 30.0 Å². The largest absolute Gasteiger partial charge is 0.359 e. The van der Waals surface area contributed by atoms with E-state index in [1.54, 1.807) is 6.20 Å². The van der Waals surface area contributed by atoms with Gasteiger partial charge in [-0.2, -0.15) is 0 Å². The van der Waals surface area contributed by atoms with Gasteiger partial charge in [0.1, 0.15) is 11.6 Å². The molecule has 1 aliphatic rings. The molecule has 4 heteroatoms. The fourth-order valence-electron chi connectivity index (χ4n) is 2.81. The first-order valence-electron chi connectivity index (χ1n) is 7.77. The van der Waals surface area contributed by atoms with Gasteiger partial charge in [-0.25, -0.2) is 8.78 Å². The highest BCUT2D eigenvalue weighted by Crippen LogP contribution is 2.41. The fourth-order valence-corrected chi connectivity index (χ4v) is 2.81. The van der Waals surface area contributed by atoms with Crippen molar-refractivity contribution in [1.82, 2.24) is 0 Å². The molecule has 1 aromatic carbocycles. The molecule has 0 radical (unpaired) electrons. The van der Waals surface area contributed by atoms with Gasteiger partial charge in [-0.1, -0.05) is 27.2 Å². The van der Waals surface area contributed by atoms with Crippen molar-refractivity contribution in [2.75, 3.05) is 5.32 Å². The molecule has 2 rings (SSSR count). The van der Waals surface area contributed by atoms with Gasteiger partial charge >= 0.3 is 0 Å². The average molecular weight is 307 g/mol. The van der Waals surface area contributed by atoms with Crippen LogP contribution in [-0.4, -0.2) is 5.78 Å². The van der Waals surface area contributed by atoms with Gasteiger partial charge in [0.25, 0.3) is 0 Å². The quantitative estimate of drug-likeness (QED) is 0.787. The first-order valence-corrected chi connectivity index (χ1v) is 7.77. The molecule has 0 spiro atoms. The van der Waals surface area contributed by atoms with Crippen molar-refractivity contribution in [3.05, 3.63) is 41.6 Å². The van der Waals surface area contributed by atoms with Crippen molar-refractivity contribution in [2.24, 2.45) is 11.3 Å². The lowest BCUT2D eigenvalue weighted by molar-refractivity contribution is -0.117. The number of nitrogens with one attached hydrogen (secondary N) is 1. The summed E-state index contributed by atoms with van der Waals surface area (Å²) in [6.07, 6.45) is 4.78. The Hall–Kier alpha value is -1.71. The Kier molecular flexibility index (Phi) is 4.99. The number of allylic oxidation sites excluding steroid dienone is 1. The molecule has 0 amide bonds. The van der Waals surface area contributed by atoms with Gasteiger partial charge in [0.2, 0.25) is 0 Å². The van der Waals surface area contributed by atoms with Crippen LogP contribution < -0.4 is 5.32 Å². The van der Waals surface area contributed by atoms with E-state index in [2.05, 4.69) is 26.1 Å². The summed E-state index contributed by atoms with van der Waals surface area (Å²) in [5, 5.41) is 2.81. The second-order valence-electron chi connectivity index (χ2n) is 6.64. The van der Waals surface area contributed by atoms with Crippen LogP contribution in [0.3, 0.4) is 0 Å². The minimum absolute atomic E-state index is 0.109. The molecule has 22 heavy (non-hydrogen) atoms. The van der Waals surface area contributed by atoms with Crippen molar-refractivity contribution in [1.29, 1.82) is 0 Å². The first kappa shape index (κ1) is 16.7. The molecule has 1 N–H and O–H groups in total. The van der Waals surface area contributed by atoms with E-state index in [9.17, 15) is 13.6 Å². The lowest BCUT2D eigenvalue weighted by Gasteiger charge is -2.36. The Morgan fingerprint density at radius 3 is 2.73 bits per heavy atom. The third-order valence-corrected chi connectivity index (χ3v) is 4.89. The Morgan fingerprint density at radius 1 is 1.36 bits per heavy atom. The van der Waals surface area contributed by atoms with Gasteiger partial charge in [0.15, 0.2) is 5.78 Å². The second kappa shape index (κ2) is 6.59. The number of Topliss-reactive ketones (excluding diaryl/α,β-unsaturated/α-hetero) is 1. The molecule has 0 saturated heterocycles. The van der Waals surface area contributed by atoms with Crippen LogP contribution in [0.25, 0.3) is 0 Å². The highest BCUT2D eigenvalue weighted by molar-refractivity contribution is 5.96. The second-order valence-corrected chi connectivity index (χ2v) is 6.64. The average Bonchev–Trinajstić information content (AvgIpc) is 2.47. The molecule has 1 aliphatic carbocycles. The minimum atomic E-state index is -0.662. The molecule has 1 aromatic rings. The third kappa shape index (κ3) is 3.73. The van der Waals surface area contributed by atoms with E-state index in [0.717, 1.165) is 18.9 Å². The van der Waals surface area contributed by atoms with E-state index in [1.807, 2.05) is 0 Å². The van der Waals surface area contributed by atoms with Gasteiger partial charge < -0.3 is 5.32 Å². The van der Waals surface area contributed by atoms with Crippen LogP contribution in [0.5, 0.6) is 0 Å². The molecule has 120 valence electrons.